The SMILES string of the molecule is O=C(NC(C(=O)O)C(C(=O)O)c1ccncc1)c1ccccc1. The molecule has 0 saturated heterocycles. The van der Waals surface area contributed by atoms with E-state index >= 15 is 0 Å². The van der Waals surface area contributed by atoms with Crippen LogP contribution in [0.5, 0.6) is 0 Å². The van der Waals surface area contributed by atoms with E-state index in [1.54, 1.807) is 18.2 Å². The van der Waals surface area contributed by atoms with Crippen molar-refractivity contribution in [3.8, 4) is 0 Å². The molecule has 2 aromatic rings. The second-order valence-corrected chi connectivity index (χ2v) is 4.75. The molecule has 2 atom stereocenters. The van der Waals surface area contributed by atoms with Gasteiger partial charge < -0.3 is 15.5 Å². The Labute approximate surface area is 131 Å². The smallest absolute Gasteiger partial charge is 0.327 e. The summed E-state index contributed by atoms with van der Waals surface area (Å²) in [5, 5.41) is 21.0. The van der Waals surface area contributed by atoms with Crippen LogP contribution in [-0.2, 0) is 9.59 Å². The minimum atomic E-state index is -1.61. The first-order valence-electron chi connectivity index (χ1n) is 6.72. The number of rotatable bonds is 6. The van der Waals surface area contributed by atoms with Gasteiger partial charge in [0.15, 0.2) is 0 Å². The van der Waals surface area contributed by atoms with Crippen LogP contribution in [0.1, 0.15) is 21.8 Å². The maximum Gasteiger partial charge on any atom is 0.327 e. The second-order valence-electron chi connectivity index (χ2n) is 4.75. The highest BCUT2D eigenvalue weighted by atomic mass is 16.4. The normalized spacial score (nSPS) is 12.9. The molecule has 2 unspecified atom stereocenters. The Bertz CT molecular complexity index is 703. The second kappa shape index (κ2) is 7.17. The van der Waals surface area contributed by atoms with E-state index < -0.39 is 29.8 Å². The van der Waals surface area contributed by atoms with E-state index in [2.05, 4.69) is 10.3 Å². The lowest BCUT2D eigenvalue weighted by atomic mass is 9.92. The molecule has 1 amide bonds. The summed E-state index contributed by atoms with van der Waals surface area (Å²) in [6, 6.07) is 9.19. The number of carbonyl (C=O) groups is 3. The van der Waals surface area contributed by atoms with Crippen LogP contribution in [0.3, 0.4) is 0 Å². The maximum atomic E-state index is 12.1. The summed E-state index contributed by atoms with van der Waals surface area (Å²) in [4.78, 5) is 38.9. The van der Waals surface area contributed by atoms with Crippen LogP contribution in [-0.4, -0.2) is 39.1 Å². The van der Waals surface area contributed by atoms with Crippen LogP contribution in [0.2, 0.25) is 0 Å². The predicted octanol–water partition coefficient (Wildman–Crippen LogP) is 1.13. The Hall–Kier alpha value is -3.22. The topological polar surface area (TPSA) is 117 Å². The first-order chi connectivity index (χ1) is 11.0. The van der Waals surface area contributed by atoms with Gasteiger partial charge in [-0.05, 0) is 29.8 Å². The summed E-state index contributed by atoms with van der Waals surface area (Å²) in [7, 11) is 0. The van der Waals surface area contributed by atoms with E-state index in [1.807, 2.05) is 0 Å². The van der Waals surface area contributed by atoms with Gasteiger partial charge in [0.25, 0.3) is 5.91 Å². The summed E-state index contributed by atoms with van der Waals surface area (Å²) >= 11 is 0. The molecule has 7 heteroatoms. The molecule has 0 bridgehead atoms. The third kappa shape index (κ3) is 3.91. The van der Waals surface area contributed by atoms with E-state index in [-0.39, 0.29) is 11.1 Å². The van der Waals surface area contributed by atoms with Crippen molar-refractivity contribution >= 4 is 17.8 Å². The van der Waals surface area contributed by atoms with Crippen molar-refractivity contribution in [2.75, 3.05) is 0 Å². The van der Waals surface area contributed by atoms with Crippen molar-refractivity contribution in [1.82, 2.24) is 10.3 Å². The summed E-state index contributed by atoms with van der Waals surface area (Å²) < 4.78 is 0. The molecule has 0 aliphatic heterocycles. The van der Waals surface area contributed by atoms with Crippen LogP contribution in [0.4, 0.5) is 0 Å². The average Bonchev–Trinajstić information content (AvgIpc) is 2.55. The van der Waals surface area contributed by atoms with Gasteiger partial charge in [0.2, 0.25) is 0 Å². The summed E-state index contributed by atoms with van der Waals surface area (Å²) in [5.74, 6) is -4.86. The minimum absolute atomic E-state index is 0.244. The highest BCUT2D eigenvalue weighted by Crippen LogP contribution is 2.20. The molecule has 3 N–H and O–H groups in total. The summed E-state index contributed by atoms with van der Waals surface area (Å²) in [6.45, 7) is 0. The number of pyridine rings is 1. The largest absolute Gasteiger partial charge is 0.481 e. The van der Waals surface area contributed by atoms with Crippen molar-refractivity contribution in [2.45, 2.75) is 12.0 Å². The lowest BCUT2D eigenvalue weighted by molar-refractivity contribution is -0.147. The van der Waals surface area contributed by atoms with Gasteiger partial charge in [0.1, 0.15) is 12.0 Å². The Balaban J connectivity index is 2.31. The summed E-state index contributed by atoms with van der Waals surface area (Å²) in [6.07, 6.45) is 2.73. The van der Waals surface area contributed by atoms with E-state index in [1.165, 1.54) is 36.7 Å². The number of nitrogens with zero attached hydrogens (tertiary/aromatic N) is 1. The predicted molar refractivity (Wildman–Crippen MR) is 79.9 cm³/mol. The van der Waals surface area contributed by atoms with Crippen LogP contribution < -0.4 is 5.32 Å². The van der Waals surface area contributed by atoms with E-state index in [9.17, 15) is 24.6 Å². The molecule has 1 heterocycles. The standard InChI is InChI=1S/C16H14N2O5/c19-14(11-4-2-1-3-5-11)18-13(16(22)23)12(15(20)21)10-6-8-17-9-7-10/h1-9,12-13H,(H,18,19)(H,20,21)(H,22,23). The van der Waals surface area contributed by atoms with Gasteiger partial charge in [-0.25, -0.2) is 4.79 Å². The molecule has 1 aromatic carbocycles. The molecule has 0 saturated carbocycles. The number of aliphatic carboxylic acids is 2. The number of hydrogen-bond donors (Lipinski definition) is 3. The first-order valence-corrected chi connectivity index (χ1v) is 6.72. The molecule has 0 fully saturated rings. The highest BCUT2D eigenvalue weighted by molar-refractivity contribution is 5.98. The molecule has 2 rings (SSSR count). The number of benzene rings is 1. The van der Waals surface area contributed by atoms with Gasteiger partial charge in [-0.3, -0.25) is 14.6 Å². The van der Waals surface area contributed by atoms with Crippen LogP contribution in [0, 0.1) is 0 Å². The third-order valence-electron chi connectivity index (χ3n) is 3.25. The van der Waals surface area contributed by atoms with Crippen molar-refractivity contribution in [3.05, 3.63) is 66.0 Å². The fourth-order valence-corrected chi connectivity index (χ4v) is 2.15. The van der Waals surface area contributed by atoms with E-state index in [0.29, 0.717) is 0 Å². The molecular formula is C16H14N2O5. The lowest BCUT2D eigenvalue weighted by Gasteiger charge is -2.21. The highest BCUT2D eigenvalue weighted by Gasteiger charge is 2.36. The van der Waals surface area contributed by atoms with E-state index in [4.69, 9.17) is 0 Å². The monoisotopic (exact) mass is 314 g/mol. The molecule has 0 aliphatic rings. The Morgan fingerprint density at radius 1 is 0.913 bits per heavy atom. The third-order valence-corrected chi connectivity index (χ3v) is 3.25. The number of amides is 1. The van der Waals surface area contributed by atoms with Crippen molar-refractivity contribution < 1.29 is 24.6 Å². The van der Waals surface area contributed by atoms with Gasteiger partial charge in [-0.2, -0.15) is 0 Å². The molecular weight excluding hydrogens is 300 g/mol. The Morgan fingerprint density at radius 2 is 1.52 bits per heavy atom. The van der Waals surface area contributed by atoms with Gasteiger partial charge in [0, 0.05) is 18.0 Å². The van der Waals surface area contributed by atoms with Crippen LogP contribution >= 0.6 is 0 Å². The van der Waals surface area contributed by atoms with Gasteiger partial charge in [-0.1, -0.05) is 18.2 Å². The van der Waals surface area contributed by atoms with Crippen molar-refractivity contribution in [2.24, 2.45) is 0 Å². The average molecular weight is 314 g/mol. The number of carboxylic acid groups (broad SMARTS) is 2. The fraction of sp³-hybridized carbons (Fsp3) is 0.125. The van der Waals surface area contributed by atoms with Crippen LogP contribution in [0.15, 0.2) is 54.9 Å². The number of carbonyl (C=O) groups excluding carboxylic acids is 1. The first kappa shape index (κ1) is 16.2. The van der Waals surface area contributed by atoms with Gasteiger partial charge in [-0.15, -0.1) is 0 Å². The Morgan fingerprint density at radius 3 is 2.04 bits per heavy atom. The minimum Gasteiger partial charge on any atom is -0.481 e. The maximum absolute atomic E-state index is 12.1. The molecule has 0 spiro atoms. The zero-order chi connectivity index (χ0) is 16.8. The molecule has 7 nitrogen and oxygen atoms in total. The lowest BCUT2D eigenvalue weighted by Crippen LogP contribution is -2.47. The number of carboxylic acids is 2. The quantitative estimate of drug-likeness (QED) is 0.736. The molecule has 0 aliphatic carbocycles. The van der Waals surface area contributed by atoms with Crippen molar-refractivity contribution in [3.63, 3.8) is 0 Å². The zero-order valence-electron chi connectivity index (χ0n) is 11.9. The van der Waals surface area contributed by atoms with Gasteiger partial charge in [0.05, 0.1) is 0 Å². The van der Waals surface area contributed by atoms with Crippen LogP contribution in [0.25, 0.3) is 0 Å². The molecule has 1 aromatic heterocycles. The van der Waals surface area contributed by atoms with E-state index in [0.717, 1.165) is 0 Å². The molecule has 23 heavy (non-hydrogen) atoms. The van der Waals surface area contributed by atoms with Gasteiger partial charge >= 0.3 is 11.9 Å². The molecule has 0 radical (unpaired) electrons. The Kier molecular flexibility index (Phi) is 5.03. The van der Waals surface area contributed by atoms with Crippen molar-refractivity contribution in [1.29, 1.82) is 0 Å². The number of hydrogen-bond acceptors (Lipinski definition) is 4. The molecule has 118 valence electrons. The number of nitrogens with one attached hydrogen (secondary N) is 1. The fourth-order valence-electron chi connectivity index (χ4n) is 2.15. The zero-order valence-corrected chi connectivity index (χ0v) is 11.9. The number of aromatic nitrogens is 1. The summed E-state index contributed by atoms with van der Waals surface area (Å²) in [5.41, 5.74) is 0.492.